The number of benzene rings is 2. The highest BCUT2D eigenvalue weighted by Crippen LogP contribution is 2.31. The van der Waals surface area contributed by atoms with E-state index < -0.39 is 18.0 Å². The lowest BCUT2D eigenvalue weighted by atomic mass is 10.0. The smallest absolute Gasteiger partial charge is 0.269 e. The van der Waals surface area contributed by atoms with Crippen molar-refractivity contribution in [3.8, 4) is 11.1 Å². The molecule has 3 amide bonds. The molecule has 5 aromatic rings. The lowest BCUT2D eigenvalue weighted by molar-refractivity contribution is -0.139. The van der Waals surface area contributed by atoms with Gasteiger partial charge in [-0.1, -0.05) is 6.07 Å². The molecule has 4 heterocycles. The fourth-order valence-corrected chi connectivity index (χ4v) is 5.68. The molecule has 12 heteroatoms. The molecule has 3 N–H and O–H groups in total. The number of halogens is 1. The molecule has 2 atom stereocenters. The normalized spacial score (nSPS) is 15.8. The fourth-order valence-electron chi connectivity index (χ4n) is 5.68. The second kappa shape index (κ2) is 10.7. The predicted molar refractivity (Wildman–Crippen MR) is 151 cm³/mol. The average Bonchev–Trinajstić information content (AvgIpc) is 3.70. The second-order valence-electron chi connectivity index (χ2n) is 10.4. The number of nitrogens with zero attached hydrogens (tertiary/aromatic N) is 5. The van der Waals surface area contributed by atoms with E-state index in [1.165, 1.54) is 21.7 Å². The van der Waals surface area contributed by atoms with Crippen LogP contribution in [0.5, 0.6) is 0 Å². The zero-order valence-corrected chi connectivity index (χ0v) is 23.0. The molecular formula is C30H28FN7O4. The molecule has 0 saturated carbocycles. The predicted octanol–water partition coefficient (Wildman–Crippen LogP) is 3.65. The number of rotatable bonds is 7. The number of carbonyl (C=O) groups is 3. The number of furan rings is 1. The minimum absolute atomic E-state index is 0.0484. The first kappa shape index (κ1) is 27.1. The Balaban J connectivity index is 1.21. The van der Waals surface area contributed by atoms with E-state index in [4.69, 9.17) is 10.2 Å². The molecule has 42 heavy (non-hydrogen) atoms. The molecule has 0 radical (unpaired) electrons. The summed E-state index contributed by atoms with van der Waals surface area (Å²) in [6, 6.07) is 10.3. The number of aryl methyl sites for hydroxylation is 1. The van der Waals surface area contributed by atoms with E-state index in [0.29, 0.717) is 47.0 Å². The van der Waals surface area contributed by atoms with Crippen LogP contribution in [0.2, 0.25) is 0 Å². The molecule has 1 aliphatic heterocycles. The van der Waals surface area contributed by atoms with Crippen LogP contribution in [0.3, 0.4) is 0 Å². The minimum atomic E-state index is -0.716. The van der Waals surface area contributed by atoms with Crippen LogP contribution in [0.25, 0.3) is 33.0 Å². The van der Waals surface area contributed by atoms with Gasteiger partial charge in [-0.05, 0) is 68.7 Å². The highest BCUT2D eigenvalue weighted by Gasteiger charge is 2.35. The monoisotopic (exact) mass is 569 g/mol. The van der Waals surface area contributed by atoms with Gasteiger partial charge >= 0.3 is 0 Å². The standard InChI is InChI=1S/C30H28FN7O4/c1-16-21-13-20(31)6-8-25(21)42-28(16)17(2)35-30(41)24-4-3-11-37(24)26(39)15-38-23-7-5-18(19-9-10-33-34-14-19)12-22(23)27(36-38)29(32)40/h5-10,12-14,17,24H,3-4,11,15H2,1-2H3,(H2,32,40)(H,35,41)/t17-,24-/m0/s1. The maximum Gasteiger partial charge on any atom is 0.269 e. The maximum absolute atomic E-state index is 13.7. The van der Waals surface area contributed by atoms with E-state index in [1.807, 2.05) is 13.0 Å². The summed E-state index contributed by atoms with van der Waals surface area (Å²) in [4.78, 5) is 40.6. The molecular weight excluding hydrogens is 541 g/mol. The molecule has 214 valence electrons. The molecule has 6 rings (SSSR count). The van der Waals surface area contributed by atoms with Crippen LogP contribution in [0.1, 0.15) is 47.6 Å². The Morgan fingerprint density at radius 2 is 1.95 bits per heavy atom. The van der Waals surface area contributed by atoms with Crippen molar-refractivity contribution in [3.63, 3.8) is 0 Å². The van der Waals surface area contributed by atoms with Crippen LogP contribution < -0.4 is 11.1 Å². The quantitative estimate of drug-likeness (QED) is 0.304. The summed E-state index contributed by atoms with van der Waals surface area (Å²) in [5, 5.41) is 16.2. The summed E-state index contributed by atoms with van der Waals surface area (Å²) in [6.45, 7) is 3.85. The largest absolute Gasteiger partial charge is 0.459 e. The molecule has 2 aromatic carbocycles. The van der Waals surface area contributed by atoms with Gasteiger partial charge in [-0.2, -0.15) is 15.3 Å². The number of nitrogens with two attached hydrogens (primary N) is 1. The van der Waals surface area contributed by atoms with E-state index in [-0.39, 0.29) is 29.9 Å². The Morgan fingerprint density at radius 3 is 2.71 bits per heavy atom. The van der Waals surface area contributed by atoms with E-state index in [2.05, 4.69) is 20.6 Å². The number of hydrogen-bond donors (Lipinski definition) is 2. The van der Waals surface area contributed by atoms with Gasteiger partial charge in [0.15, 0.2) is 5.69 Å². The van der Waals surface area contributed by atoms with E-state index >= 15 is 0 Å². The molecule has 3 aromatic heterocycles. The number of nitrogens with one attached hydrogen (secondary N) is 1. The van der Waals surface area contributed by atoms with Crippen molar-refractivity contribution >= 4 is 39.6 Å². The van der Waals surface area contributed by atoms with Crippen molar-refractivity contribution in [2.45, 2.75) is 45.3 Å². The Kier molecular flexibility index (Phi) is 6.89. The summed E-state index contributed by atoms with van der Waals surface area (Å²) in [7, 11) is 0. The van der Waals surface area contributed by atoms with E-state index in [0.717, 1.165) is 16.7 Å². The molecule has 0 unspecified atom stereocenters. The van der Waals surface area contributed by atoms with Gasteiger partial charge in [0.05, 0.1) is 24.0 Å². The molecule has 1 fully saturated rings. The van der Waals surface area contributed by atoms with Crippen molar-refractivity contribution in [2.75, 3.05) is 6.54 Å². The van der Waals surface area contributed by atoms with Crippen molar-refractivity contribution in [2.24, 2.45) is 5.73 Å². The highest BCUT2D eigenvalue weighted by molar-refractivity contribution is 6.05. The van der Waals surface area contributed by atoms with Gasteiger partial charge in [0, 0.05) is 28.4 Å². The number of aromatic nitrogens is 4. The zero-order chi connectivity index (χ0) is 29.5. The summed E-state index contributed by atoms with van der Waals surface area (Å²) in [5.41, 5.74) is 9.11. The van der Waals surface area contributed by atoms with Gasteiger partial charge < -0.3 is 20.4 Å². The van der Waals surface area contributed by atoms with Crippen LogP contribution in [-0.4, -0.2) is 55.2 Å². The number of hydrogen-bond acceptors (Lipinski definition) is 7. The SMILES string of the molecule is Cc1c([C@H](C)NC(=O)[C@@H]2CCCN2C(=O)Cn2nc(C(N)=O)c3cc(-c4ccnnc4)ccc32)oc2ccc(F)cc12. The van der Waals surface area contributed by atoms with Crippen molar-refractivity contribution in [3.05, 3.63) is 77.7 Å². The first-order chi connectivity index (χ1) is 20.2. The molecule has 0 aliphatic carbocycles. The van der Waals surface area contributed by atoms with Crippen molar-refractivity contribution < 1.29 is 23.2 Å². The van der Waals surface area contributed by atoms with Crippen molar-refractivity contribution in [1.29, 1.82) is 0 Å². The molecule has 0 bridgehead atoms. The summed E-state index contributed by atoms with van der Waals surface area (Å²) < 4.78 is 21.1. The number of primary amides is 1. The second-order valence-corrected chi connectivity index (χ2v) is 10.4. The maximum atomic E-state index is 13.7. The Hall–Kier alpha value is -5.13. The number of likely N-dealkylation sites (tertiary alicyclic amines) is 1. The Bertz CT molecular complexity index is 1850. The Labute approximate surface area is 239 Å². The molecule has 1 aliphatic rings. The third kappa shape index (κ3) is 4.84. The van der Waals surface area contributed by atoms with E-state index in [9.17, 15) is 18.8 Å². The van der Waals surface area contributed by atoms with Gasteiger partial charge in [-0.3, -0.25) is 19.1 Å². The summed E-state index contributed by atoms with van der Waals surface area (Å²) in [5.74, 6) is -1.17. The molecule has 1 saturated heterocycles. The van der Waals surface area contributed by atoms with Crippen LogP contribution in [0.4, 0.5) is 4.39 Å². The fraction of sp³-hybridized carbons (Fsp3) is 0.267. The lowest BCUT2D eigenvalue weighted by Crippen LogP contribution is -2.47. The lowest BCUT2D eigenvalue weighted by Gasteiger charge is -2.25. The third-order valence-corrected chi connectivity index (χ3v) is 7.75. The number of amides is 3. The average molecular weight is 570 g/mol. The van der Waals surface area contributed by atoms with Gasteiger partial charge in [0.1, 0.15) is 29.7 Å². The van der Waals surface area contributed by atoms with Gasteiger partial charge in [0.25, 0.3) is 5.91 Å². The van der Waals surface area contributed by atoms with Crippen LogP contribution in [0, 0.1) is 12.7 Å². The first-order valence-electron chi connectivity index (χ1n) is 13.6. The Morgan fingerprint density at radius 1 is 1.12 bits per heavy atom. The van der Waals surface area contributed by atoms with Crippen LogP contribution >= 0.6 is 0 Å². The third-order valence-electron chi connectivity index (χ3n) is 7.75. The zero-order valence-electron chi connectivity index (χ0n) is 23.0. The summed E-state index contributed by atoms with van der Waals surface area (Å²) >= 11 is 0. The van der Waals surface area contributed by atoms with Crippen LogP contribution in [0.15, 0.2) is 59.3 Å². The van der Waals surface area contributed by atoms with Gasteiger partial charge in [-0.25, -0.2) is 4.39 Å². The topological polar surface area (TPSA) is 149 Å². The van der Waals surface area contributed by atoms with E-state index in [1.54, 1.807) is 43.6 Å². The highest BCUT2D eigenvalue weighted by atomic mass is 19.1. The number of carbonyl (C=O) groups excluding carboxylic acids is 3. The van der Waals surface area contributed by atoms with Crippen molar-refractivity contribution in [1.82, 2.24) is 30.2 Å². The first-order valence-corrected chi connectivity index (χ1v) is 13.6. The number of fused-ring (bicyclic) bond motifs is 2. The van der Waals surface area contributed by atoms with Gasteiger partial charge in [-0.15, -0.1) is 0 Å². The molecule has 0 spiro atoms. The van der Waals surface area contributed by atoms with Crippen LogP contribution in [-0.2, 0) is 16.1 Å². The van der Waals surface area contributed by atoms with Gasteiger partial charge in [0.2, 0.25) is 11.8 Å². The summed E-state index contributed by atoms with van der Waals surface area (Å²) in [6.07, 6.45) is 4.34. The minimum Gasteiger partial charge on any atom is -0.459 e. The molecule has 11 nitrogen and oxygen atoms in total.